The Labute approximate surface area is 136 Å². The minimum absolute atomic E-state index is 0.104. The van der Waals surface area contributed by atoms with Crippen LogP contribution in [0.5, 0.6) is 0 Å². The van der Waals surface area contributed by atoms with Gasteiger partial charge >= 0.3 is 0 Å². The molecule has 0 saturated carbocycles. The molecule has 5 nitrogen and oxygen atoms in total. The minimum Gasteiger partial charge on any atom is -0.463 e. The maximum atomic E-state index is 13.9. The molecule has 2 aromatic heterocycles. The van der Waals surface area contributed by atoms with Crippen molar-refractivity contribution in [2.75, 3.05) is 7.05 Å². The van der Waals surface area contributed by atoms with Crippen molar-refractivity contribution in [3.8, 4) is 11.5 Å². The third-order valence-electron chi connectivity index (χ3n) is 3.89. The highest BCUT2D eigenvalue weighted by Gasteiger charge is 2.24. The van der Waals surface area contributed by atoms with Gasteiger partial charge in [0.15, 0.2) is 11.5 Å². The summed E-state index contributed by atoms with van der Waals surface area (Å²) in [6.07, 6.45) is 1.51. The number of benzene rings is 1. The standard InChI is InChI=1S/C17H15F2N3O2/c1-10(12-8-11(18)5-6-13(12)19)22(2)17(23)15-9-14(20-21-15)16-4-3-7-24-16/h3-10H,1-2H3,(H,20,21). The van der Waals surface area contributed by atoms with Crippen molar-refractivity contribution in [2.24, 2.45) is 0 Å². The number of hydrogen-bond acceptors (Lipinski definition) is 3. The number of halogens is 2. The monoisotopic (exact) mass is 331 g/mol. The molecule has 1 N–H and O–H groups in total. The van der Waals surface area contributed by atoms with Gasteiger partial charge in [0.05, 0.1) is 12.3 Å². The zero-order valence-electron chi connectivity index (χ0n) is 13.1. The normalized spacial score (nSPS) is 12.2. The van der Waals surface area contributed by atoms with E-state index in [0.29, 0.717) is 11.5 Å². The molecule has 1 amide bonds. The molecule has 1 atom stereocenters. The summed E-state index contributed by atoms with van der Waals surface area (Å²) in [6.45, 7) is 1.62. The number of amides is 1. The first-order valence-electron chi connectivity index (χ1n) is 7.28. The van der Waals surface area contributed by atoms with E-state index in [1.54, 1.807) is 25.1 Å². The SMILES string of the molecule is CC(c1cc(F)ccc1F)N(C)C(=O)c1cc(-c2ccco2)[nH]n1. The average Bonchev–Trinajstić information content (AvgIpc) is 3.25. The molecule has 2 heterocycles. The lowest BCUT2D eigenvalue weighted by Gasteiger charge is -2.24. The quantitative estimate of drug-likeness (QED) is 0.791. The van der Waals surface area contributed by atoms with Crippen LogP contribution in [0.3, 0.4) is 0 Å². The van der Waals surface area contributed by atoms with E-state index in [1.807, 2.05) is 0 Å². The van der Waals surface area contributed by atoms with Crippen LogP contribution in [0.2, 0.25) is 0 Å². The second-order valence-corrected chi connectivity index (χ2v) is 5.40. The Hall–Kier alpha value is -2.96. The van der Waals surface area contributed by atoms with Crippen molar-refractivity contribution in [1.82, 2.24) is 15.1 Å². The van der Waals surface area contributed by atoms with E-state index in [2.05, 4.69) is 10.2 Å². The van der Waals surface area contributed by atoms with Crippen molar-refractivity contribution in [3.63, 3.8) is 0 Å². The van der Waals surface area contributed by atoms with Crippen LogP contribution in [0.4, 0.5) is 8.78 Å². The fourth-order valence-electron chi connectivity index (χ4n) is 2.39. The molecule has 1 unspecified atom stereocenters. The first-order valence-corrected chi connectivity index (χ1v) is 7.28. The Kier molecular flexibility index (Phi) is 4.16. The molecule has 0 aliphatic rings. The molecule has 0 saturated heterocycles. The van der Waals surface area contributed by atoms with Gasteiger partial charge in [-0.15, -0.1) is 0 Å². The number of nitrogens with zero attached hydrogens (tertiary/aromatic N) is 2. The molecule has 3 rings (SSSR count). The number of hydrogen-bond donors (Lipinski definition) is 1. The average molecular weight is 331 g/mol. The lowest BCUT2D eigenvalue weighted by Crippen LogP contribution is -2.30. The maximum absolute atomic E-state index is 13.9. The second-order valence-electron chi connectivity index (χ2n) is 5.40. The molecule has 124 valence electrons. The molecular weight excluding hydrogens is 316 g/mol. The summed E-state index contributed by atoms with van der Waals surface area (Å²) < 4.78 is 32.5. The molecule has 0 fully saturated rings. The number of furan rings is 1. The van der Waals surface area contributed by atoms with Gasteiger partial charge in [-0.3, -0.25) is 9.89 Å². The minimum atomic E-state index is -0.656. The number of aromatic amines is 1. The first kappa shape index (κ1) is 15.9. The van der Waals surface area contributed by atoms with Crippen LogP contribution in [-0.2, 0) is 0 Å². The largest absolute Gasteiger partial charge is 0.463 e. The van der Waals surface area contributed by atoms with Gasteiger partial charge in [-0.2, -0.15) is 5.10 Å². The molecule has 3 aromatic rings. The van der Waals surface area contributed by atoms with Crippen LogP contribution in [0.1, 0.15) is 29.0 Å². The van der Waals surface area contributed by atoms with Crippen molar-refractivity contribution in [3.05, 3.63) is 65.6 Å². The fourth-order valence-corrected chi connectivity index (χ4v) is 2.39. The molecule has 24 heavy (non-hydrogen) atoms. The molecular formula is C17H15F2N3O2. The van der Waals surface area contributed by atoms with Crippen molar-refractivity contribution in [1.29, 1.82) is 0 Å². The van der Waals surface area contributed by atoms with Gasteiger partial charge in [-0.05, 0) is 37.3 Å². The zero-order valence-corrected chi connectivity index (χ0v) is 13.1. The highest BCUT2D eigenvalue weighted by Crippen LogP contribution is 2.25. The van der Waals surface area contributed by atoms with Crippen molar-refractivity contribution >= 4 is 5.91 Å². The third kappa shape index (κ3) is 2.92. The number of rotatable bonds is 4. The van der Waals surface area contributed by atoms with Gasteiger partial charge < -0.3 is 9.32 Å². The van der Waals surface area contributed by atoms with Gasteiger partial charge in [-0.1, -0.05) is 0 Å². The van der Waals surface area contributed by atoms with Crippen LogP contribution in [0.15, 0.2) is 47.1 Å². The third-order valence-corrected chi connectivity index (χ3v) is 3.89. The topological polar surface area (TPSA) is 62.1 Å². The zero-order chi connectivity index (χ0) is 17.3. The predicted octanol–water partition coefficient (Wildman–Crippen LogP) is 3.78. The van der Waals surface area contributed by atoms with Crippen LogP contribution in [0.25, 0.3) is 11.5 Å². The van der Waals surface area contributed by atoms with Gasteiger partial charge in [-0.25, -0.2) is 8.78 Å². The van der Waals surface area contributed by atoms with Crippen LogP contribution < -0.4 is 0 Å². The van der Waals surface area contributed by atoms with E-state index in [0.717, 1.165) is 18.2 Å². The fraction of sp³-hybridized carbons (Fsp3) is 0.176. The number of carbonyl (C=O) groups is 1. The molecule has 0 bridgehead atoms. The van der Waals surface area contributed by atoms with Gasteiger partial charge in [0.2, 0.25) is 0 Å². The van der Waals surface area contributed by atoms with Crippen molar-refractivity contribution in [2.45, 2.75) is 13.0 Å². The van der Waals surface area contributed by atoms with Gasteiger partial charge in [0.1, 0.15) is 17.3 Å². The summed E-state index contributed by atoms with van der Waals surface area (Å²) in [7, 11) is 1.51. The Morgan fingerprint density at radius 2 is 2.08 bits per heavy atom. The number of aromatic nitrogens is 2. The van der Waals surface area contributed by atoms with Crippen molar-refractivity contribution < 1.29 is 18.0 Å². The molecule has 0 radical (unpaired) electrons. The van der Waals surface area contributed by atoms with Crippen LogP contribution in [0, 0.1) is 11.6 Å². The number of carbonyl (C=O) groups excluding carboxylic acids is 1. The molecule has 0 aliphatic carbocycles. The smallest absolute Gasteiger partial charge is 0.274 e. The highest BCUT2D eigenvalue weighted by molar-refractivity contribution is 5.93. The summed E-state index contributed by atoms with van der Waals surface area (Å²) in [5.41, 5.74) is 0.821. The van der Waals surface area contributed by atoms with Crippen LogP contribution in [-0.4, -0.2) is 28.1 Å². The summed E-state index contributed by atoms with van der Waals surface area (Å²) in [4.78, 5) is 13.8. The van der Waals surface area contributed by atoms with E-state index in [1.165, 1.54) is 18.2 Å². The predicted molar refractivity (Wildman–Crippen MR) is 83.2 cm³/mol. The molecule has 0 spiro atoms. The van der Waals surface area contributed by atoms with E-state index in [4.69, 9.17) is 4.42 Å². The van der Waals surface area contributed by atoms with E-state index in [-0.39, 0.29) is 11.3 Å². The summed E-state index contributed by atoms with van der Waals surface area (Å²) in [5.74, 6) is -0.991. The van der Waals surface area contributed by atoms with Gasteiger partial charge in [0, 0.05) is 18.7 Å². The lowest BCUT2D eigenvalue weighted by molar-refractivity contribution is 0.0734. The maximum Gasteiger partial charge on any atom is 0.274 e. The van der Waals surface area contributed by atoms with E-state index >= 15 is 0 Å². The number of nitrogens with one attached hydrogen (secondary N) is 1. The molecule has 0 aliphatic heterocycles. The first-order chi connectivity index (χ1) is 11.5. The summed E-state index contributed by atoms with van der Waals surface area (Å²) in [5, 5.41) is 6.68. The van der Waals surface area contributed by atoms with E-state index < -0.39 is 23.6 Å². The Morgan fingerprint density at radius 3 is 2.79 bits per heavy atom. The Balaban J connectivity index is 1.83. The highest BCUT2D eigenvalue weighted by atomic mass is 19.1. The van der Waals surface area contributed by atoms with Crippen LogP contribution >= 0.6 is 0 Å². The van der Waals surface area contributed by atoms with Gasteiger partial charge in [0.25, 0.3) is 5.91 Å². The molecule has 1 aromatic carbocycles. The Morgan fingerprint density at radius 1 is 1.29 bits per heavy atom. The summed E-state index contributed by atoms with van der Waals surface area (Å²) >= 11 is 0. The molecule has 7 heteroatoms. The second kappa shape index (κ2) is 6.27. The van der Waals surface area contributed by atoms with E-state index in [9.17, 15) is 13.6 Å². The summed E-state index contributed by atoms with van der Waals surface area (Å²) in [6, 6.07) is 7.51. The Bertz CT molecular complexity index is 859. The lowest BCUT2D eigenvalue weighted by atomic mass is 10.1. The number of H-pyrrole nitrogens is 1.